The fourth-order valence-electron chi connectivity index (χ4n) is 3.71. The number of pyridine rings is 1. The molecule has 1 fully saturated rings. The number of aldehydes is 1. The van der Waals surface area contributed by atoms with E-state index >= 15 is 0 Å². The van der Waals surface area contributed by atoms with E-state index in [1.54, 1.807) is 0 Å². The van der Waals surface area contributed by atoms with Crippen molar-refractivity contribution in [3.63, 3.8) is 0 Å². The van der Waals surface area contributed by atoms with Crippen molar-refractivity contribution in [2.75, 3.05) is 19.5 Å². The van der Waals surface area contributed by atoms with E-state index in [9.17, 15) is 32.3 Å². The van der Waals surface area contributed by atoms with E-state index in [4.69, 9.17) is 31.9 Å². The number of fused-ring (bicyclic) bond motifs is 1. The zero-order valence-corrected chi connectivity index (χ0v) is 20.2. The first-order valence-corrected chi connectivity index (χ1v) is 11.1. The highest BCUT2D eigenvalue weighted by molar-refractivity contribution is 6.28. The van der Waals surface area contributed by atoms with Crippen LogP contribution in [0, 0.1) is 0 Å². The van der Waals surface area contributed by atoms with Gasteiger partial charge < -0.3 is 25.4 Å². The highest BCUT2D eigenvalue weighted by Gasteiger charge is 2.44. The average Bonchev–Trinajstić information content (AvgIpc) is 3.45. The number of aliphatic carboxylic acids is 1. The molecule has 1 saturated heterocycles. The highest BCUT2D eigenvalue weighted by atomic mass is 35.5. The standard InChI is InChI=1S/C20H17ClF4N6O5.CH4O/c21-18-29-14(26)13-15(30-18)31(8-28-13)16-11(22)3-10(36-16)6-35-19(7-32,17(33)34)4-9-1-2-12(27-5-9)20(23,24)25;1-2/h1-2,5,7-8,10-11,16H,3-4,6H2,(H,33,34)(H2,26,29,30);2H,1H3. The van der Waals surface area contributed by atoms with Crippen molar-refractivity contribution in [3.05, 3.63) is 41.2 Å². The SMILES string of the molecule is CO.Nc1nc(Cl)nc2c1ncn2C1OC(COC(C=O)(Cc2ccc(C(F)(F)F)nc2)C(=O)O)CC1F. The summed E-state index contributed by atoms with van der Waals surface area (Å²) < 4.78 is 65.3. The van der Waals surface area contributed by atoms with Crippen molar-refractivity contribution in [2.24, 2.45) is 0 Å². The van der Waals surface area contributed by atoms with E-state index in [-0.39, 0.29) is 40.5 Å². The second-order valence-corrected chi connectivity index (χ2v) is 8.29. The van der Waals surface area contributed by atoms with E-state index < -0.39 is 55.0 Å². The Kier molecular flexibility index (Phi) is 8.81. The first-order chi connectivity index (χ1) is 17.9. The van der Waals surface area contributed by atoms with Crippen LogP contribution in [0.15, 0.2) is 24.7 Å². The number of aromatic nitrogens is 5. The average molecular weight is 565 g/mol. The Morgan fingerprint density at radius 2 is 2.03 bits per heavy atom. The predicted octanol–water partition coefficient (Wildman–Crippen LogP) is 1.99. The van der Waals surface area contributed by atoms with Crippen LogP contribution in [-0.2, 0) is 31.7 Å². The summed E-state index contributed by atoms with van der Waals surface area (Å²) in [7, 11) is 1.00. The number of aliphatic hydroxyl groups is 1. The van der Waals surface area contributed by atoms with Gasteiger partial charge in [-0.1, -0.05) is 6.07 Å². The number of nitrogen functional groups attached to an aromatic ring is 1. The summed E-state index contributed by atoms with van der Waals surface area (Å²) in [5.41, 5.74) is 2.39. The Hall–Kier alpha value is -3.47. The number of nitrogens with two attached hydrogens (primary N) is 1. The quantitative estimate of drug-likeness (QED) is 0.158. The molecule has 0 aromatic carbocycles. The predicted molar refractivity (Wildman–Crippen MR) is 122 cm³/mol. The van der Waals surface area contributed by atoms with Crippen LogP contribution in [0.4, 0.5) is 23.4 Å². The van der Waals surface area contributed by atoms with Gasteiger partial charge in [0.15, 0.2) is 24.0 Å². The van der Waals surface area contributed by atoms with Crippen molar-refractivity contribution in [1.82, 2.24) is 24.5 Å². The van der Waals surface area contributed by atoms with E-state index in [0.29, 0.717) is 6.07 Å². The van der Waals surface area contributed by atoms with E-state index in [1.165, 1.54) is 10.9 Å². The summed E-state index contributed by atoms with van der Waals surface area (Å²) in [5.74, 6) is -1.71. The second-order valence-electron chi connectivity index (χ2n) is 7.95. The number of rotatable bonds is 8. The third-order valence-electron chi connectivity index (χ3n) is 5.49. The number of nitrogens with zero attached hydrogens (tertiary/aromatic N) is 5. The number of hydrogen-bond acceptors (Lipinski definition) is 10. The summed E-state index contributed by atoms with van der Waals surface area (Å²) in [6.07, 6.45) is -7.30. The Morgan fingerprint density at radius 1 is 1.32 bits per heavy atom. The second kappa shape index (κ2) is 11.5. The minimum Gasteiger partial charge on any atom is -0.479 e. The summed E-state index contributed by atoms with van der Waals surface area (Å²) in [4.78, 5) is 38.7. The molecule has 0 radical (unpaired) electrons. The van der Waals surface area contributed by atoms with Gasteiger partial charge in [0, 0.05) is 26.1 Å². The van der Waals surface area contributed by atoms with E-state index in [1.807, 2.05) is 0 Å². The summed E-state index contributed by atoms with van der Waals surface area (Å²) in [6.45, 7) is -0.513. The number of anilines is 1. The number of carbonyl (C=O) groups is 2. The fourth-order valence-corrected chi connectivity index (χ4v) is 3.88. The number of alkyl halides is 4. The molecule has 4 unspecified atom stereocenters. The molecule has 0 amide bonds. The maximum Gasteiger partial charge on any atom is 0.433 e. The minimum atomic E-state index is -4.69. The molecule has 1 aliphatic heterocycles. The Bertz CT molecular complexity index is 1290. The van der Waals surface area contributed by atoms with Crippen LogP contribution < -0.4 is 5.73 Å². The van der Waals surface area contributed by atoms with Gasteiger partial charge in [-0.05, 0) is 23.2 Å². The number of carbonyl (C=O) groups excluding carboxylic acids is 1. The molecule has 3 aromatic heterocycles. The molecular formula is C21H21ClF4N6O6. The molecular weight excluding hydrogens is 544 g/mol. The normalized spacial score (nSPS) is 21.0. The minimum absolute atomic E-state index is 0.00474. The van der Waals surface area contributed by atoms with Crippen LogP contribution in [0.2, 0.25) is 5.28 Å². The van der Waals surface area contributed by atoms with Gasteiger partial charge in [0.05, 0.1) is 19.0 Å². The van der Waals surface area contributed by atoms with Crippen molar-refractivity contribution >= 4 is 40.8 Å². The smallest absolute Gasteiger partial charge is 0.433 e. The number of carboxylic acids is 1. The third-order valence-corrected chi connectivity index (χ3v) is 5.65. The molecule has 1 aliphatic rings. The summed E-state index contributed by atoms with van der Waals surface area (Å²) in [6, 6.07) is 1.64. The van der Waals surface area contributed by atoms with Gasteiger partial charge in [-0.3, -0.25) is 14.3 Å². The van der Waals surface area contributed by atoms with Gasteiger partial charge in [0.25, 0.3) is 0 Å². The maximum absolute atomic E-state index is 14.8. The monoisotopic (exact) mass is 564 g/mol. The molecule has 206 valence electrons. The first kappa shape index (κ1) is 29.1. The number of aliphatic hydroxyl groups excluding tert-OH is 1. The molecule has 3 aromatic rings. The maximum atomic E-state index is 14.8. The van der Waals surface area contributed by atoms with Crippen molar-refractivity contribution in [3.8, 4) is 0 Å². The fraction of sp³-hybridized carbons (Fsp3) is 0.429. The zero-order chi connectivity index (χ0) is 28.3. The van der Waals surface area contributed by atoms with Gasteiger partial charge in [0.1, 0.15) is 17.4 Å². The van der Waals surface area contributed by atoms with Gasteiger partial charge in [-0.2, -0.15) is 23.1 Å². The van der Waals surface area contributed by atoms with Crippen LogP contribution >= 0.6 is 11.6 Å². The molecule has 0 aliphatic carbocycles. The summed E-state index contributed by atoms with van der Waals surface area (Å²) >= 11 is 5.82. The molecule has 0 saturated carbocycles. The van der Waals surface area contributed by atoms with E-state index in [0.717, 1.165) is 19.4 Å². The molecule has 4 N–H and O–H groups in total. The largest absolute Gasteiger partial charge is 0.479 e. The third kappa shape index (κ3) is 5.98. The van der Waals surface area contributed by atoms with Crippen molar-refractivity contribution < 1.29 is 46.8 Å². The number of imidazole rings is 1. The first-order valence-electron chi connectivity index (χ1n) is 10.7. The van der Waals surface area contributed by atoms with Crippen LogP contribution in [0.3, 0.4) is 0 Å². The number of hydrogen-bond donors (Lipinski definition) is 3. The lowest BCUT2D eigenvalue weighted by molar-refractivity contribution is -0.172. The van der Waals surface area contributed by atoms with Crippen molar-refractivity contribution in [1.29, 1.82) is 0 Å². The van der Waals surface area contributed by atoms with Gasteiger partial charge >= 0.3 is 12.1 Å². The van der Waals surface area contributed by atoms with E-state index in [2.05, 4.69) is 19.9 Å². The van der Waals surface area contributed by atoms with Crippen LogP contribution in [0.25, 0.3) is 11.2 Å². The van der Waals surface area contributed by atoms with Gasteiger partial charge in [0.2, 0.25) is 10.9 Å². The Balaban J connectivity index is 0.00000195. The summed E-state index contributed by atoms with van der Waals surface area (Å²) in [5, 5.41) is 16.5. The lowest BCUT2D eigenvalue weighted by Crippen LogP contribution is -2.47. The zero-order valence-electron chi connectivity index (χ0n) is 19.5. The van der Waals surface area contributed by atoms with Crippen LogP contribution in [0.1, 0.15) is 23.9 Å². The van der Waals surface area contributed by atoms with Crippen LogP contribution in [-0.4, -0.2) is 78.6 Å². The molecule has 0 spiro atoms. The Labute approximate surface area is 216 Å². The van der Waals surface area contributed by atoms with Crippen LogP contribution in [0.5, 0.6) is 0 Å². The number of carboxylic acid groups (broad SMARTS) is 1. The molecule has 12 nitrogen and oxygen atoms in total. The van der Waals surface area contributed by atoms with Crippen molar-refractivity contribution in [2.45, 2.75) is 43.1 Å². The molecule has 4 heterocycles. The molecule has 38 heavy (non-hydrogen) atoms. The number of ether oxygens (including phenoxy) is 2. The topological polar surface area (TPSA) is 176 Å². The van der Waals surface area contributed by atoms with Gasteiger partial charge in [-0.25, -0.2) is 14.2 Å². The lowest BCUT2D eigenvalue weighted by atomic mass is 9.96. The highest BCUT2D eigenvalue weighted by Crippen LogP contribution is 2.35. The molecule has 4 atom stereocenters. The lowest BCUT2D eigenvalue weighted by Gasteiger charge is -2.25. The number of halogens is 5. The molecule has 4 rings (SSSR count). The molecule has 0 bridgehead atoms. The Morgan fingerprint density at radius 3 is 2.61 bits per heavy atom. The molecule has 17 heteroatoms. The van der Waals surface area contributed by atoms with Gasteiger partial charge in [-0.15, -0.1) is 0 Å².